The van der Waals surface area contributed by atoms with Crippen molar-refractivity contribution in [2.45, 2.75) is 71.8 Å². The van der Waals surface area contributed by atoms with Crippen molar-refractivity contribution in [3.05, 3.63) is 23.8 Å². The van der Waals surface area contributed by atoms with Gasteiger partial charge in [0, 0.05) is 12.2 Å². The molecule has 0 fully saturated rings. The van der Waals surface area contributed by atoms with Crippen molar-refractivity contribution in [1.29, 1.82) is 0 Å². The Morgan fingerprint density at radius 2 is 1.50 bits per heavy atom. The largest absolute Gasteiger partial charge is 0.494 e. The molecule has 5 heteroatoms. The average molecular weight is 369 g/mol. The lowest BCUT2D eigenvalue weighted by Crippen LogP contribution is -2.31. The summed E-state index contributed by atoms with van der Waals surface area (Å²) in [6.07, 6.45) is 6.13. The van der Waals surface area contributed by atoms with Crippen LogP contribution in [0.25, 0.3) is 0 Å². The summed E-state index contributed by atoms with van der Waals surface area (Å²) in [4.78, 5) is 4.87. The zero-order valence-electron chi connectivity index (χ0n) is 16.9. The molecule has 0 heterocycles. The maximum atomic E-state index is 9.62. The molecule has 0 aliphatic heterocycles. The molecule has 5 nitrogen and oxygen atoms in total. The van der Waals surface area contributed by atoms with Crippen molar-refractivity contribution in [1.82, 2.24) is 0 Å². The van der Waals surface area contributed by atoms with E-state index in [0.29, 0.717) is 25.6 Å². The van der Waals surface area contributed by atoms with E-state index in [1.165, 1.54) is 0 Å². The van der Waals surface area contributed by atoms with Gasteiger partial charge in [-0.1, -0.05) is 40.0 Å². The van der Waals surface area contributed by atoms with E-state index >= 15 is 0 Å². The molecule has 1 aromatic rings. The van der Waals surface area contributed by atoms with Crippen LogP contribution in [-0.4, -0.2) is 31.7 Å². The third-order valence-corrected chi connectivity index (χ3v) is 4.26. The monoisotopic (exact) mass is 368 g/mol. The molecule has 0 aromatic heterocycles. The number of hydrogen-bond donors (Lipinski definition) is 1. The Morgan fingerprint density at radius 1 is 0.885 bits per heavy atom. The van der Waals surface area contributed by atoms with Crippen molar-refractivity contribution < 1.29 is 24.4 Å². The van der Waals surface area contributed by atoms with Crippen molar-refractivity contribution in [3.63, 3.8) is 0 Å². The van der Waals surface area contributed by atoms with E-state index in [2.05, 4.69) is 20.8 Å². The first-order valence-electron chi connectivity index (χ1n) is 9.91. The van der Waals surface area contributed by atoms with Crippen molar-refractivity contribution in [3.8, 4) is 11.5 Å². The summed E-state index contributed by atoms with van der Waals surface area (Å²) in [5.74, 6) is 1.44. The lowest BCUT2D eigenvalue weighted by molar-refractivity contribution is -0.334. The van der Waals surface area contributed by atoms with Gasteiger partial charge in [0.15, 0.2) is 5.60 Å². The van der Waals surface area contributed by atoms with Gasteiger partial charge in [-0.25, -0.2) is 4.89 Å². The van der Waals surface area contributed by atoms with Crippen LogP contribution in [-0.2, 0) is 15.2 Å². The number of benzene rings is 1. The maximum Gasteiger partial charge on any atom is 0.152 e. The molecule has 1 rings (SSSR count). The van der Waals surface area contributed by atoms with Crippen LogP contribution < -0.4 is 9.47 Å². The van der Waals surface area contributed by atoms with Gasteiger partial charge in [-0.05, 0) is 44.4 Å². The highest BCUT2D eigenvalue weighted by atomic mass is 17.1. The quantitative estimate of drug-likeness (QED) is 0.249. The summed E-state index contributed by atoms with van der Waals surface area (Å²) in [6, 6.07) is 5.67. The minimum atomic E-state index is -1.01. The van der Waals surface area contributed by atoms with Gasteiger partial charge in [-0.2, -0.15) is 0 Å². The normalized spacial score (nSPS) is 13.4. The van der Waals surface area contributed by atoms with Gasteiger partial charge < -0.3 is 14.2 Å². The Balaban J connectivity index is 2.98. The van der Waals surface area contributed by atoms with Gasteiger partial charge in [0.1, 0.15) is 11.5 Å². The summed E-state index contributed by atoms with van der Waals surface area (Å²) in [7, 11) is 0. The van der Waals surface area contributed by atoms with Gasteiger partial charge in [0.25, 0.3) is 0 Å². The first-order chi connectivity index (χ1) is 12.6. The lowest BCUT2D eigenvalue weighted by atomic mass is 9.95. The van der Waals surface area contributed by atoms with Crippen molar-refractivity contribution >= 4 is 0 Å². The molecule has 0 spiro atoms. The van der Waals surface area contributed by atoms with E-state index in [1.54, 1.807) is 6.92 Å². The topological polar surface area (TPSA) is 57.2 Å². The summed E-state index contributed by atoms with van der Waals surface area (Å²) < 4.78 is 17.5. The minimum absolute atomic E-state index is 0.242. The smallest absolute Gasteiger partial charge is 0.152 e. The molecule has 0 aliphatic carbocycles. The number of ether oxygens (including phenoxy) is 3. The Kier molecular flexibility index (Phi) is 11.3. The number of rotatable bonds is 15. The molecule has 1 unspecified atom stereocenters. The van der Waals surface area contributed by atoms with Crippen LogP contribution in [0, 0.1) is 0 Å². The van der Waals surface area contributed by atoms with E-state index in [-0.39, 0.29) is 6.61 Å². The Bertz CT molecular complexity index is 491. The molecular weight excluding hydrogens is 332 g/mol. The average Bonchev–Trinajstić information content (AvgIpc) is 2.66. The summed E-state index contributed by atoms with van der Waals surface area (Å²) in [6.45, 7) is 10.3. The van der Waals surface area contributed by atoms with Crippen LogP contribution in [0.1, 0.15) is 71.8 Å². The fourth-order valence-corrected chi connectivity index (χ4v) is 2.47. The molecule has 0 radical (unpaired) electrons. The van der Waals surface area contributed by atoms with E-state index in [0.717, 1.165) is 49.8 Å². The summed E-state index contributed by atoms with van der Waals surface area (Å²) >= 11 is 0. The predicted molar refractivity (Wildman–Crippen MR) is 104 cm³/mol. The fourth-order valence-electron chi connectivity index (χ4n) is 2.47. The van der Waals surface area contributed by atoms with Crippen LogP contribution in [0.4, 0.5) is 0 Å². The second-order valence-electron chi connectivity index (χ2n) is 6.79. The molecule has 150 valence electrons. The van der Waals surface area contributed by atoms with Crippen LogP contribution >= 0.6 is 0 Å². The highest BCUT2D eigenvalue weighted by Gasteiger charge is 2.33. The number of hydrogen-bond acceptors (Lipinski definition) is 5. The maximum absolute atomic E-state index is 9.62. The molecule has 0 saturated carbocycles. The van der Waals surface area contributed by atoms with Crippen LogP contribution in [0.5, 0.6) is 11.5 Å². The van der Waals surface area contributed by atoms with Crippen molar-refractivity contribution in [2.75, 3.05) is 26.4 Å². The minimum Gasteiger partial charge on any atom is -0.494 e. The predicted octanol–water partition coefficient (Wildman–Crippen LogP) is 5.57. The first-order valence-corrected chi connectivity index (χ1v) is 9.91. The molecule has 0 aliphatic rings. The third kappa shape index (κ3) is 7.52. The van der Waals surface area contributed by atoms with Gasteiger partial charge in [0.05, 0.1) is 19.8 Å². The Hall–Kier alpha value is -1.30. The van der Waals surface area contributed by atoms with Gasteiger partial charge in [0.2, 0.25) is 0 Å². The highest BCUT2D eigenvalue weighted by Crippen LogP contribution is 2.36. The summed E-state index contributed by atoms with van der Waals surface area (Å²) in [5.41, 5.74) is -0.277. The van der Waals surface area contributed by atoms with Crippen LogP contribution in [0.15, 0.2) is 18.2 Å². The Labute approximate surface area is 158 Å². The zero-order chi connectivity index (χ0) is 19.3. The molecular formula is C21H36O5. The highest BCUT2D eigenvalue weighted by molar-refractivity contribution is 5.44. The second-order valence-corrected chi connectivity index (χ2v) is 6.79. The van der Waals surface area contributed by atoms with Gasteiger partial charge >= 0.3 is 0 Å². The molecule has 1 atom stereocenters. The fraction of sp³-hybridized carbons (Fsp3) is 0.714. The Morgan fingerprint density at radius 3 is 2.12 bits per heavy atom. The van der Waals surface area contributed by atoms with E-state index < -0.39 is 5.60 Å². The van der Waals surface area contributed by atoms with Crippen LogP contribution in [0.2, 0.25) is 0 Å². The second kappa shape index (κ2) is 13.0. The van der Waals surface area contributed by atoms with Crippen LogP contribution in [0.3, 0.4) is 0 Å². The zero-order valence-corrected chi connectivity index (χ0v) is 16.9. The summed E-state index contributed by atoms with van der Waals surface area (Å²) in [5, 5.41) is 9.62. The first kappa shape index (κ1) is 22.7. The lowest BCUT2D eigenvalue weighted by Gasteiger charge is -2.28. The van der Waals surface area contributed by atoms with E-state index in [4.69, 9.17) is 19.1 Å². The molecule has 0 bridgehead atoms. The molecule has 0 amide bonds. The SMILES string of the molecule is CCCCOCC(C)(OO)c1cc(OCCCC)ccc1OCCCC. The van der Waals surface area contributed by atoms with Gasteiger partial charge in [-0.15, -0.1) is 0 Å². The molecule has 1 N–H and O–H groups in total. The standard InChI is InChI=1S/C21H36O5/c1-5-8-13-23-17-21(4,26-22)19-16-18(24-14-9-6-2)11-12-20(19)25-15-10-7-3/h11-12,16,22H,5-10,13-15,17H2,1-4H3. The molecule has 0 saturated heterocycles. The third-order valence-electron chi connectivity index (χ3n) is 4.26. The molecule has 1 aromatic carbocycles. The molecule has 26 heavy (non-hydrogen) atoms. The van der Waals surface area contributed by atoms with Crippen molar-refractivity contribution in [2.24, 2.45) is 0 Å². The van der Waals surface area contributed by atoms with E-state index in [1.807, 2.05) is 18.2 Å². The van der Waals surface area contributed by atoms with E-state index in [9.17, 15) is 5.26 Å². The number of unbranched alkanes of at least 4 members (excludes halogenated alkanes) is 3. The van der Waals surface area contributed by atoms with Gasteiger partial charge in [-0.3, -0.25) is 5.26 Å².